The molecule has 1 fully saturated rings. The first kappa shape index (κ1) is 19.5. The van der Waals surface area contributed by atoms with E-state index < -0.39 is 0 Å². The van der Waals surface area contributed by atoms with Crippen molar-refractivity contribution in [2.75, 3.05) is 39.8 Å². The van der Waals surface area contributed by atoms with Crippen molar-refractivity contribution in [3.05, 3.63) is 63.6 Å². The van der Waals surface area contributed by atoms with E-state index in [0.29, 0.717) is 16.7 Å². The molecule has 1 aliphatic heterocycles. The molecule has 2 aromatic rings. The van der Waals surface area contributed by atoms with E-state index in [9.17, 15) is 0 Å². The number of hydrogen-bond acceptors (Lipinski definition) is 3. The lowest BCUT2D eigenvalue weighted by Crippen LogP contribution is -2.44. The van der Waals surface area contributed by atoms with Crippen LogP contribution in [0.15, 0.2) is 42.5 Å². The lowest BCUT2D eigenvalue weighted by Gasteiger charge is -2.32. The summed E-state index contributed by atoms with van der Waals surface area (Å²) in [6.07, 6.45) is 2.31. The van der Waals surface area contributed by atoms with Crippen LogP contribution in [0.3, 0.4) is 0 Å². The number of likely N-dealkylation sites (N-methyl/N-ethyl adjacent to an activating group) is 1. The molecule has 1 aliphatic rings. The maximum Gasteiger partial charge on any atom is 0.119 e. The van der Waals surface area contributed by atoms with Crippen molar-refractivity contribution in [1.82, 2.24) is 9.80 Å². The van der Waals surface area contributed by atoms with Gasteiger partial charge in [0.05, 0.1) is 10.0 Å². The monoisotopic (exact) mass is 392 g/mol. The summed E-state index contributed by atoms with van der Waals surface area (Å²) in [4.78, 5) is 4.96. The molecule has 0 atom stereocenters. The van der Waals surface area contributed by atoms with Crippen LogP contribution in [-0.2, 0) is 13.0 Å². The highest BCUT2D eigenvalue weighted by Gasteiger charge is 2.12. The third kappa shape index (κ3) is 5.88. The number of hydrogen-bond donors (Lipinski definition) is 0. The van der Waals surface area contributed by atoms with Gasteiger partial charge >= 0.3 is 0 Å². The van der Waals surface area contributed by atoms with E-state index in [1.54, 1.807) is 6.07 Å². The zero-order valence-corrected chi connectivity index (χ0v) is 16.8. The maximum absolute atomic E-state index is 6.03. The van der Waals surface area contributed by atoms with Gasteiger partial charge < -0.3 is 14.5 Å². The summed E-state index contributed by atoms with van der Waals surface area (Å²) >= 11 is 12.0. The van der Waals surface area contributed by atoms with E-state index in [0.717, 1.165) is 17.7 Å². The summed E-state index contributed by atoms with van der Waals surface area (Å²) in [5.41, 5.74) is 2.37. The summed E-state index contributed by atoms with van der Waals surface area (Å²) in [6, 6.07) is 14.0. The Morgan fingerprint density at radius 3 is 2.27 bits per heavy atom. The van der Waals surface area contributed by atoms with Gasteiger partial charge in [0, 0.05) is 26.2 Å². The van der Waals surface area contributed by atoms with Gasteiger partial charge in [0.1, 0.15) is 12.4 Å². The van der Waals surface area contributed by atoms with Crippen LogP contribution in [0.4, 0.5) is 0 Å². The number of halogens is 2. The quantitative estimate of drug-likeness (QED) is 0.675. The largest absolute Gasteiger partial charge is 0.489 e. The molecule has 5 heteroatoms. The number of ether oxygens (including phenoxy) is 1. The van der Waals surface area contributed by atoms with Crippen molar-refractivity contribution in [3.63, 3.8) is 0 Å². The molecule has 3 nitrogen and oxygen atoms in total. The Morgan fingerprint density at radius 1 is 0.885 bits per heavy atom. The Morgan fingerprint density at radius 2 is 1.58 bits per heavy atom. The Labute approximate surface area is 166 Å². The fourth-order valence-electron chi connectivity index (χ4n) is 3.13. The number of rotatable bonds is 7. The molecule has 0 amide bonds. The molecule has 140 valence electrons. The van der Waals surface area contributed by atoms with E-state index in [4.69, 9.17) is 27.9 Å². The third-order valence-corrected chi connectivity index (χ3v) is 5.59. The Hall–Kier alpha value is -1.26. The topological polar surface area (TPSA) is 15.7 Å². The van der Waals surface area contributed by atoms with E-state index >= 15 is 0 Å². The van der Waals surface area contributed by atoms with Crippen LogP contribution in [0.5, 0.6) is 5.75 Å². The van der Waals surface area contributed by atoms with Gasteiger partial charge in [0.2, 0.25) is 0 Å². The molecule has 1 heterocycles. The predicted octanol–water partition coefficient (Wildman–Crippen LogP) is 4.75. The van der Waals surface area contributed by atoms with Crippen LogP contribution in [0.2, 0.25) is 10.0 Å². The first-order valence-corrected chi connectivity index (χ1v) is 9.92. The van der Waals surface area contributed by atoms with Gasteiger partial charge in [0.25, 0.3) is 0 Å². The Kier molecular flexibility index (Phi) is 7.21. The van der Waals surface area contributed by atoms with Crippen molar-refractivity contribution in [2.24, 2.45) is 0 Å². The van der Waals surface area contributed by atoms with Crippen molar-refractivity contribution in [1.29, 1.82) is 0 Å². The van der Waals surface area contributed by atoms with Crippen LogP contribution in [-0.4, -0.2) is 49.6 Å². The van der Waals surface area contributed by atoms with Gasteiger partial charge in [-0.2, -0.15) is 0 Å². The molecular formula is C21H26Cl2N2O. The molecule has 0 bridgehead atoms. The summed E-state index contributed by atoms with van der Waals surface area (Å²) in [7, 11) is 2.20. The fourth-order valence-corrected chi connectivity index (χ4v) is 3.45. The first-order valence-electron chi connectivity index (χ1n) is 9.17. The first-order chi connectivity index (χ1) is 12.6. The second-order valence-electron chi connectivity index (χ2n) is 6.93. The molecule has 0 unspecified atom stereocenters. The fraction of sp³-hybridized carbons (Fsp3) is 0.429. The lowest BCUT2D eigenvalue weighted by atomic mass is 10.1. The highest BCUT2D eigenvalue weighted by molar-refractivity contribution is 6.42. The molecule has 0 radical (unpaired) electrons. The molecule has 0 saturated carbocycles. The van der Waals surface area contributed by atoms with E-state index in [2.05, 4.69) is 29.0 Å². The van der Waals surface area contributed by atoms with Crippen molar-refractivity contribution in [3.8, 4) is 5.75 Å². The number of benzene rings is 2. The average molecular weight is 393 g/mol. The van der Waals surface area contributed by atoms with Gasteiger partial charge in [-0.1, -0.05) is 41.4 Å². The predicted molar refractivity (Wildman–Crippen MR) is 109 cm³/mol. The number of nitrogens with zero attached hydrogens (tertiary/aromatic N) is 2. The molecular weight excluding hydrogens is 367 g/mol. The molecule has 1 saturated heterocycles. The van der Waals surface area contributed by atoms with Crippen LogP contribution < -0.4 is 4.74 Å². The summed E-state index contributed by atoms with van der Waals surface area (Å²) in [5.74, 6) is 0.874. The second kappa shape index (κ2) is 9.61. The zero-order chi connectivity index (χ0) is 18.4. The van der Waals surface area contributed by atoms with Crippen molar-refractivity contribution in [2.45, 2.75) is 19.4 Å². The van der Waals surface area contributed by atoms with Crippen LogP contribution in [0.1, 0.15) is 17.5 Å². The molecule has 2 aromatic carbocycles. The van der Waals surface area contributed by atoms with Gasteiger partial charge in [-0.25, -0.2) is 0 Å². The smallest absolute Gasteiger partial charge is 0.119 e. The van der Waals surface area contributed by atoms with Crippen molar-refractivity contribution >= 4 is 23.2 Å². The number of aryl methyl sites for hydroxylation is 1. The molecule has 3 rings (SSSR count). The minimum absolute atomic E-state index is 0.486. The number of piperazine rings is 1. The molecule has 0 spiro atoms. The van der Waals surface area contributed by atoms with E-state index in [1.165, 1.54) is 44.7 Å². The lowest BCUT2D eigenvalue weighted by molar-refractivity contribution is 0.153. The highest BCUT2D eigenvalue weighted by Crippen LogP contribution is 2.23. The average Bonchev–Trinajstić information content (AvgIpc) is 2.65. The minimum atomic E-state index is 0.486. The van der Waals surface area contributed by atoms with Gasteiger partial charge in [-0.05, 0) is 61.8 Å². The van der Waals surface area contributed by atoms with Crippen molar-refractivity contribution < 1.29 is 4.74 Å². The van der Waals surface area contributed by atoms with E-state index in [-0.39, 0.29) is 0 Å². The van der Waals surface area contributed by atoms with E-state index in [1.807, 2.05) is 24.3 Å². The van der Waals surface area contributed by atoms with Gasteiger partial charge in [-0.15, -0.1) is 0 Å². The second-order valence-corrected chi connectivity index (χ2v) is 7.74. The van der Waals surface area contributed by atoms with Gasteiger partial charge in [-0.3, -0.25) is 0 Å². The summed E-state index contributed by atoms with van der Waals surface area (Å²) < 4.78 is 5.84. The standard InChI is InChI=1S/C21H26Cl2N2O/c1-24-11-13-25(14-12-24)10-2-3-17-4-7-19(8-5-17)26-16-18-6-9-20(22)21(23)15-18/h4-9,15H,2-3,10-14,16H2,1H3. The van der Waals surface area contributed by atoms with Crippen LogP contribution in [0.25, 0.3) is 0 Å². The minimum Gasteiger partial charge on any atom is -0.489 e. The molecule has 0 aromatic heterocycles. The summed E-state index contributed by atoms with van der Waals surface area (Å²) in [6.45, 7) is 6.43. The van der Waals surface area contributed by atoms with Gasteiger partial charge in [0.15, 0.2) is 0 Å². The summed E-state index contributed by atoms with van der Waals surface area (Å²) in [5, 5.41) is 1.12. The molecule has 0 N–H and O–H groups in total. The maximum atomic E-state index is 6.03. The zero-order valence-electron chi connectivity index (χ0n) is 15.3. The van der Waals surface area contributed by atoms with Crippen LogP contribution in [0, 0.1) is 0 Å². The molecule has 0 aliphatic carbocycles. The Balaban J connectivity index is 1.41. The van der Waals surface area contributed by atoms with Crippen LogP contribution >= 0.6 is 23.2 Å². The highest BCUT2D eigenvalue weighted by atomic mass is 35.5. The SMILES string of the molecule is CN1CCN(CCCc2ccc(OCc3ccc(Cl)c(Cl)c3)cc2)CC1. The normalized spacial score (nSPS) is 16.0. The molecule has 26 heavy (non-hydrogen) atoms. The Bertz CT molecular complexity index is 698. The third-order valence-electron chi connectivity index (χ3n) is 4.85.